The summed E-state index contributed by atoms with van der Waals surface area (Å²) in [7, 11) is 0. The van der Waals surface area contributed by atoms with Crippen molar-refractivity contribution in [2.45, 2.75) is 89.8 Å². The van der Waals surface area contributed by atoms with Gasteiger partial charge in [0.1, 0.15) is 5.78 Å². The van der Waals surface area contributed by atoms with Gasteiger partial charge >= 0.3 is 0 Å². The molecule has 0 bridgehead atoms. The lowest BCUT2D eigenvalue weighted by atomic mass is 9.88. The first-order valence-corrected chi connectivity index (χ1v) is 9.78. The van der Waals surface area contributed by atoms with Crippen molar-refractivity contribution >= 4 is 5.78 Å². The summed E-state index contributed by atoms with van der Waals surface area (Å²) in [5.74, 6) is -0.141. The second kappa shape index (κ2) is 12.6. The molecular weight excluding hydrogens is 304 g/mol. The second-order valence-corrected chi connectivity index (χ2v) is 7.16. The number of allylic oxidation sites excluding steroid dienone is 1. The first kappa shape index (κ1) is 21.3. The third-order valence-electron chi connectivity index (χ3n) is 5.08. The van der Waals surface area contributed by atoms with Gasteiger partial charge < -0.3 is 15.3 Å². The maximum absolute atomic E-state index is 12.1. The summed E-state index contributed by atoms with van der Waals surface area (Å²) in [4.78, 5) is 12.1. The van der Waals surface area contributed by atoms with Crippen LogP contribution >= 0.6 is 0 Å². The van der Waals surface area contributed by atoms with E-state index in [0.29, 0.717) is 0 Å². The zero-order chi connectivity index (χ0) is 17.8. The number of hydrogen-bond acceptors (Lipinski definition) is 4. The third kappa shape index (κ3) is 7.91. The van der Waals surface area contributed by atoms with Crippen LogP contribution in [0.15, 0.2) is 12.2 Å². The Labute approximate surface area is 147 Å². The Bertz CT molecular complexity index is 367. The van der Waals surface area contributed by atoms with Crippen molar-refractivity contribution in [1.82, 2.24) is 0 Å². The normalized spacial score (nSPS) is 25.7. The summed E-state index contributed by atoms with van der Waals surface area (Å²) < 4.78 is 0. The molecule has 4 nitrogen and oxygen atoms in total. The van der Waals surface area contributed by atoms with Crippen LogP contribution in [-0.2, 0) is 4.79 Å². The summed E-state index contributed by atoms with van der Waals surface area (Å²) in [5, 5.41) is 28.9. The van der Waals surface area contributed by atoms with Crippen molar-refractivity contribution in [3.63, 3.8) is 0 Å². The molecule has 0 amide bonds. The molecule has 0 saturated heterocycles. The van der Waals surface area contributed by atoms with Crippen LogP contribution in [0.3, 0.4) is 0 Å². The van der Waals surface area contributed by atoms with E-state index in [1.54, 1.807) is 6.08 Å². The second-order valence-electron chi connectivity index (χ2n) is 7.16. The molecule has 0 aliphatic heterocycles. The minimum absolute atomic E-state index is 0.00515. The number of carbonyl (C=O) groups excluding carboxylic acids is 1. The zero-order valence-electron chi connectivity index (χ0n) is 15.2. The van der Waals surface area contributed by atoms with Crippen molar-refractivity contribution < 1.29 is 20.1 Å². The number of unbranched alkanes of at least 4 members (excludes halogenated alkanes) is 6. The molecule has 1 fully saturated rings. The molecule has 1 aliphatic rings. The van der Waals surface area contributed by atoms with Crippen LogP contribution in [0.1, 0.15) is 77.6 Å². The van der Waals surface area contributed by atoms with E-state index in [1.165, 1.54) is 0 Å². The molecule has 4 heteroatoms. The average Bonchev–Trinajstić information content (AvgIpc) is 2.82. The number of rotatable bonds is 13. The highest BCUT2D eigenvalue weighted by Gasteiger charge is 2.39. The molecule has 1 rings (SSSR count). The van der Waals surface area contributed by atoms with E-state index in [0.717, 1.165) is 64.2 Å². The van der Waals surface area contributed by atoms with Gasteiger partial charge in [-0.05, 0) is 25.2 Å². The van der Waals surface area contributed by atoms with Gasteiger partial charge in [-0.2, -0.15) is 0 Å². The number of carbonyl (C=O) groups is 1. The minimum Gasteiger partial charge on any atom is -0.396 e. The molecule has 0 radical (unpaired) electrons. The lowest BCUT2D eigenvalue weighted by Gasteiger charge is -2.18. The maximum atomic E-state index is 12.1. The number of Topliss-reactive ketones (excluding diaryl/α,β-unsaturated/α-hetero) is 1. The van der Waals surface area contributed by atoms with E-state index in [4.69, 9.17) is 5.11 Å². The van der Waals surface area contributed by atoms with E-state index in [-0.39, 0.29) is 30.6 Å². The smallest absolute Gasteiger partial charge is 0.142 e. The van der Waals surface area contributed by atoms with Gasteiger partial charge in [0, 0.05) is 18.9 Å². The molecular formula is C20H36O4. The topological polar surface area (TPSA) is 77.8 Å². The fraction of sp³-hybridized carbons (Fsp3) is 0.850. The number of aliphatic hydroxyl groups is 3. The standard InChI is InChI=1S/C20H36O4/c1-2-3-7-10-16(22)12-13-18-17(19(23)15-20(18)24)11-8-5-4-6-9-14-21/h12-13,16-19,21-23H,2-11,14-15H2,1H3/b13-12+/t16-,17+,18+,19+/m0/s1. The Balaban J connectivity index is 2.40. The van der Waals surface area contributed by atoms with E-state index in [2.05, 4.69) is 6.92 Å². The van der Waals surface area contributed by atoms with Gasteiger partial charge in [0.2, 0.25) is 0 Å². The largest absolute Gasteiger partial charge is 0.396 e. The van der Waals surface area contributed by atoms with E-state index in [1.807, 2.05) is 6.08 Å². The van der Waals surface area contributed by atoms with E-state index in [9.17, 15) is 15.0 Å². The quantitative estimate of drug-likeness (QED) is 0.355. The van der Waals surface area contributed by atoms with Gasteiger partial charge in [-0.3, -0.25) is 4.79 Å². The van der Waals surface area contributed by atoms with Crippen LogP contribution in [-0.4, -0.2) is 39.9 Å². The van der Waals surface area contributed by atoms with E-state index < -0.39 is 12.2 Å². The van der Waals surface area contributed by atoms with Crippen LogP contribution in [0.25, 0.3) is 0 Å². The van der Waals surface area contributed by atoms with Crippen molar-refractivity contribution in [2.75, 3.05) is 6.61 Å². The highest BCUT2D eigenvalue weighted by Crippen LogP contribution is 2.34. The first-order valence-electron chi connectivity index (χ1n) is 9.78. The fourth-order valence-electron chi connectivity index (χ4n) is 3.56. The Morgan fingerprint density at radius 3 is 2.54 bits per heavy atom. The Hall–Kier alpha value is -0.710. The third-order valence-corrected chi connectivity index (χ3v) is 5.08. The molecule has 140 valence electrons. The molecule has 0 aromatic rings. The van der Waals surface area contributed by atoms with Crippen molar-refractivity contribution in [3.05, 3.63) is 12.2 Å². The first-order chi connectivity index (χ1) is 11.6. The average molecular weight is 341 g/mol. The van der Waals surface area contributed by atoms with Crippen LogP contribution in [0.4, 0.5) is 0 Å². The van der Waals surface area contributed by atoms with Gasteiger partial charge in [0.25, 0.3) is 0 Å². The fourth-order valence-corrected chi connectivity index (χ4v) is 3.56. The van der Waals surface area contributed by atoms with Crippen LogP contribution < -0.4 is 0 Å². The summed E-state index contributed by atoms with van der Waals surface area (Å²) in [5.41, 5.74) is 0. The lowest BCUT2D eigenvalue weighted by Crippen LogP contribution is -2.19. The number of hydrogen-bond donors (Lipinski definition) is 3. The predicted molar refractivity (Wildman–Crippen MR) is 96.7 cm³/mol. The Morgan fingerprint density at radius 1 is 1.12 bits per heavy atom. The molecule has 0 aromatic carbocycles. The number of ketones is 1. The monoisotopic (exact) mass is 340 g/mol. The SMILES string of the molecule is CCCCC[C@H](O)/C=C/[C@H]1C(=O)C[C@@H](O)[C@@H]1CCCCCCCO. The van der Waals surface area contributed by atoms with Crippen LogP contribution in [0.5, 0.6) is 0 Å². The van der Waals surface area contributed by atoms with Crippen LogP contribution in [0, 0.1) is 11.8 Å². The molecule has 1 aliphatic carbocycles. The maximum Gasteiger partial charge on any atom is 0.142 e. The van der Waals surface area contributed by atoms with Gasteiger partial charge in [0.05, 0.1) is 12.2 Å². The highest BCUT2D eigenvalue weighted by atomic mass is 16.3. The molecule has 0 heterocycles. The molecule has 4 atom stereocenters. The van der Waals surface area contributed by atoms with Crippen molar-refractivity contribution in [3.8, 4) is 0 Å². The molecule has 0 aromatic heterocycles. The summed E-state index contributed by atoms with van der Waals surface area (Å²) >= 11 is 0. The molecule has 0 spiro atoms. The molecule has 0 unspecified atom stereocenters. The molecule has 24 heavy (non-hydrogen) atoms. The van der Waals surface area contributed by atoms with Gasteiger partial charge in [-0.1, -0.05) is 64.0 Å². The predicted octanol–water partition coefficient (Wildman–Crippen LogP) is 3.38. The molecule has 1 saturated carbocycles. The molecule has 3 N–H and O–H groups in total. The minimum atomic E-state index is -0.540. The zero-order valence-corrected chi connectivity index (χ0v) is 15.2. The van der Waals surface area contributed by atoms with Gasteiger partial charge in [-0.25, -0.2) is 0 Å². The lowest BCUT2D eigenvalue weighted by molar-refractivity contribution is -0.120. The van der Waals surface area contributed by atoms with Crippen molar-refractivity contribution in [2.24, 2.45) is 11.8 Å². The summed E-state index contributed by atoms with van der Waals surface area (Å²) in [6.45, 7) is 2.39. The van der Waals surface area contributed by atoms with Crippen molar-refractivity contribution in [1.29, 1.82) is 0 Å². The van der Waals surface area contributed by atoms with Crippen LogP contribution in [0.2, 0.25) is 0 Å². The highest BCUT2D eigenvalue weighted by molar-refractivity contribution is 5.85. The van der Waals surface area contributed by atoms with Gasteiger partial charge in [-0.15, -0.1) is 0 Å². The Kier molecular flexibility index (Phi) is 11.2. The summed E-state index contributed by atoms with van der Waals surface area (Å²) in [6, 6.07) is 0. The van der Waals surface area contributed by atoms with E-state index >= 15 is 0 Å². The van der Waals surface area contributed by atoms with Gasteiger partial charge in [0.15, 0.2) is 0 Å². The Morgan fingerprint density at radius 2 is 1.83 bits per heavy atom. The number of aliphatic hydroxyl groups excluding tert-OH is 3. The summed E-state index contributed by atoms with van der Waals surface area (Å²) in [6.07, 6.45) is 12.7.